The lowest BCUT2D eigenvalue weighted by Gasteiger charge is -2.33. The average molecular weight is 479 g/mol. The Balaban J connectivity index is 1.53. The van der Waals surface area contributed by atoms with Gasteiger partial charge in [-0.1, -0.05) is 24.3 Å². The Kier molecular flexibility index (Phi) is 6.95. The molecule has 0 saturated carbocycles. The van der Waals surface area contributed by atoms with E-state index in [-0.39, 0.29) is 12.1 Å². The van der Waals surface area contributed by atoms with Crippen molar-refractivity contribution in [1.29, 1.82) is 0 Å². The predicted molar refractivity (Wildman–Crippen MR) is 135 cm³/mol. The molecule has 3 heterocycles. The van der Waals surface area contributed by atoms with E-state index in [1.165, 1.54) is 0 Å². The van der Waals surface area contributed by atoms with Crippen LogP contribution in [0, 0.1) is 6.92 Å². The number of amides is 1. The zero-order valence-corrected chi connectivity index (χ0v) is 21.3. The fraction of sp³-hybridized carbons (Fsp3) is 0.462. The summed E-state index contributed by atoms with van der Waals surface area (Å²) >= 11 is 0. The van der Waals surface area contributed by atoms with Crippen LogP contribution in [0.3, 0.4) is 0 Å². The van der Waals surface area contributed by atoms with E-state index in [0.717, 1.165) is 41.1 Å². The minimum Gasteiger partial charge on any atom is -0.468 e. The molecule has 0 atom stereocenters. The molecule has 186 valence electrons. The van der Waals surface area contributed by atoms with E-state index < -0.39 is 5.60 Å². The molecule has 3 aromatic rings. The first kappa shape index (κ1) is 24.5. The normalized spacial score (nSPS) is 14.6. The molecular weight excluding hydrogens is 444 g/mol. The standard InChI is InChI=1S/C26H34N6O3/c1-17-9-7-8-10-19(17)21-22(31(5)24(30-21)34-6)20-11-14-27-23(29-20)28-18-12-15-32(16-13-18)25(33)35-26(2,3)4/h7-11,14,18H,12-13,15-16H2,1-6H3,(H,27,28,29). The third-order valence-electron chi connectivity index (χ3n) is 6.01. The van der Waals surface area contributed by atoms with Crippen LogP contribution in [-0.2, 0) is 11.8 Å². The highest BCUT2D eigenvalue weighted by molar-refractivity contribution is 5.79. The van der Waals surface area contributed by atoms with E-state index >= 15 is 0 Å². The first-order chi connectivity index (χ1) is 16.7. The molecule has 0 radical (unpaired) electrons. The number of piperidine rings is 1. The number of methoxy groups -OCH3 is 1. The first-order valence-electron chi connectivity index (χ1n) is 11.9. The maximum atomic E-state index is 12.4. The maximum absolute atomic E-state index is 12.4. The Bertz CT molecular complexity index is 1190. The molecule has 1 N–H and O–H groups in total. The highest BCUT2D eigenvalue weighted by atomic mass is 16.6. The second kappa shape index (κ2) is 9.93. The number of aryl methyl sites for hydroxylation is 1. The van der Waals surface area contributed by atoms with Crippen molar-refractivity contribution in [2.75, 3.05) is 25.5 Å². The summed E-state index contributed by atoms with van der Waals surface area (Å²) in [7, 11) is 3.54. The van der Waals surface area contributed by atoms with E-state index in [4.69, 9.17) is 19.4 Å². The second-order valence-electron chi connectivity index (χ2n) is 9.82. The molecule has 1 fully saturated rings. The molecule has 9 heteroatoms. The Labute approximate surface area is 206 Å². The molecule has 1 aliphatic rings. The van der Waals surface area contributed by atoms with Crippen molar-refractivity contribution in [2.24, 2.45) is 7.05 Å². The fourth-order valence-corrected chi connectivity index (χ4v) is 4.26. The molecule has 1 aromatic carbocycles. The summed E-state index contributed by atoms with van der Waals surface area (Å²) in [6.07, 6.45) is 3.08. The van der Waals surface area contributed by atoms with Gasteiger partial charge in [0.2, 0.25) is 5.95 Å². The largest absolute Gasteiger partial charge is 0.468 e. The van der Waals surface area contributed by atoms with Gasteiger partial charge in [0.25, 0.3) is 6.01 Å². The van der Waals surface area contributed by atoms with Gasteiger partial charge < -0.3 is 19.7 Å². The third kappa shape index (κ3) is 5.55. The highest BCUT2D eigenvalue weighted by Crippen LogP contribution is 2.35. The molecule has 0 unspecified atom stereocenters. The number of carbonyl (C=O) groups is 1. The maximum Gasteiger partial charge on any atom is 0.410 e. The van der Waals surface area contributed by atoms with E-state index in [1.807, 2.05) is 50.6 Å². The average Bonchev–Trinajstić information content (AvgIpc) is 3.15. The lowest BCUT2D eigenvalue weighted by molar-refractivity contribution is 0.0210. The van der Waals surface area contributed by atoms with Gasteiger partial charge in [-0.05, 0) is 52.2 Å². The summed E-state index contributed by atoms with van der Waals surface area (Å²) in [5, 5.41) is 3.45. The van der Waals surface area contributed by atoms with Crippen molar-refractivity contribution >= 4 is 12.0 Å². The van der Waals surface area contributed by atoms with Crippen molar-refractivity contribution in [3.8, 4) is 28.7 Å². The Morgan fingerprint density at radius 3 is 2.49 bits per heavy atom. The van der Waals surface area contributed by atoms with E-state index in [0.29, 0.717) is 25.0 Å². The zero-order chi connectivity index (χ0) is 25.2. The molecule has 4 rings (SSSR count). The number of nitrogens with zero attached hydrogens (tertiary/aromatic N) is 5. The van der Waals surface area contributed by atoms with Crippen LogP contribution in [0.1, 0.15) is 39.2 Å². The van der Waals surface area contributed by atoms with Crippen molar-refractivity contribution in [1.82, 2.24) is 24.4 Å². The van der Waals surface area contributed by atoms with Crippen LogP contribution in [0.2, 0.25) is 0 Å². The quantitative estimate of drug-likeness (QED) is 0.569. The lowest BCUT2D eigenvalue weighted by atomic mass is 10.0. The smallest absolute Gasteiger partial charge is 0.410 e. The summed E-state index contributed by atoms with van der Waals surface area (Å²) in [5.74, 6) is 0.550. The van der Waals surface area contributed by atoms with E-state index in [1.54, 1.807) is 18.2 Å². The van der Waals surface area contributed by atoms with Gasteiger partial charge >= 0.3 is 6.09 Å². The van der Waals surface area contributed by atoms with E-state index in [2.05, 4.69) is 29.4 Å². The first-order valence-corrected chi connectivity index (χ1v) is 11.9. The molecule has 0 spiro atoms. The number of ether oxygens (including phenoxy) is 2. The molecule has 2 aromatic heterocycles. The monoisotopic (exact) mass is 478 g/mol. The molecule has 0 bridgehead atoms. The third-order valence-corrected chi connectivity index (χ3v) is 6.01. The van der Waals surface area contributed by atoms with Gasteiger partial charge in [0, 0.05) is 37.9 Å². The van der Waals surface area contributed by atoms with Gasteiger partial charge in [0.05, 0.1) is 18.5 Å². The number of rotatable bonds is 5. The number of aromatic nitrogens is 4. The number of likely N-dealkylation sites (tertiary alicyclic amines) is 1. The number of hydrogen-bond donors (Lipinski definition) is 1. The van der Waals surface area contributed by atoms with Crippen molar-refractivity contribution in [3.05, 3.63) is 42.1 Å². The van der Waals surface area contributed by atoms with Crippen LogP contribution in [0.5, 0.6) is 6.01 Å². The highest BCUT2D eigenvalue weighted by Gasteiger charge is 2.27. The molecule has 0 aliphatic carbocycles. The van der Waals surface area contributed by atoms with Gasteiger partial charge in [-0.15, -0.1) is 0 Å². The molecular formula is C26H34N6O3. The number of nitrogens with one attached hydrogen (secondary N) is 1. The van der Waals surface area contributed by atoms with Gasteiger partial charge in [-0.2, -0.15) is 4.98 Å². The predicted octanol–water partition coefficient (Wildman–Crippen LogP) is 4.67. The summed E-state index contributed by atoms with van der Waals surface area (Å²) in [6.45, 7) is 8.96. The van der Waals surface area contributed by atoms with Crippen LogP contribution >= 0.6 is 0 Å². The number of anilines is 1. The molecule has 1 aliphatic heterocycles. The molecule has 1 saturated heterocycles. The zero-order valence-electron chi connectivity index (χ0n) is 21.3. The van der Waals surface area contributed by atoms with Crippen LogP contribution in [-0.4, -0.2) is 62.4 Å². The second-order valence-corrected chi connectivity index (χ2v) is 9.82. The Morgan fingerprint density at radius 2 is 1.83 bits per heavy atom. The summed E-state index contributed by atoms with van der Waals surface area (Å²) in [6, 6.07) is 10.7. The number of carbonyl (C=O) groups excluding carboxylic acids is 1. The topological polar surface area (TPSA) is 94.4 Å². The minimum absolute atomic E-state index is 0.167. The van der Waals surface area contributed by atoms with Crippen LogP contribution in [0.15, 0.2) is 36.5 Å². The number of benzene rings is 1. The van der Waals surface area contributed by atoms with Crippen molar-refractivity contribution in [3.63, 3.8) is 0 Å². The summed E-state index contributed by atoms with van der Waals surface area (Å²) in [5.41, 5.74) is 4.10. The molecule has 35 heavy (non-hydrogen) atoms. The van der Waals surface area contributed by atoms with Crippen molar-refractivity contribution in [2.45, 2.75) is 52.2 Å². The van der Waals surface area contributed by atoms with Gasteiger partial charge in [0.15, 0.2) is 0 Å². The SMILES string of the molecule is COc1nc(-c2ccccc2C)c(-c2ccnc(NC3CCN(C(=O)OC(C)(C)C)CC3)n2)n1C. The number of imidazole rings is 1. The molecule has 9 nitrogen and oxygen atoms in total. The minimum atomic E-state index is -0.494. The molecule has 1 amide bonds. The lowest BCUT2D eigenvalue weighted by Crippen LogP contribution is -2.44. The van der Waals surface area contributed by atoms with Crippen LogP contribution < -0.4 is 10.1 Å². The van der Waals surface area contributed by atoms with Gasteiger partial charge in [-0.25, -0.2) is 14.8 Å². The Morgan fingerprint density at radius 1 is 1.11 bits per heavy atom. The van der Waals surface area contributed by atoms with Crippen molar-refractivity contribution < 1.29 is 14.3 Å². The van der Waals surface area contributed by atoms with Gasteiger partial charge in [0.1, 0.15) is 11.3 Å². The summed E-state index contributed by atoms with van der Waals surface area (Å²) < 4.78 is 12.9. The Hall–Kier alpha value is -3.62. The van der Waals surface area contributed by atoms with Crippen LogP contribution in [0.25, 0.3) is 22.6 Å². The number of hydrogen-bond acceptors (Lipinski definition) is 7. The van der Waals surface area contributed by atoms with E-state index in [9.17, 15) is 4.79 Å². The summed E-state index contributed by atoms with van der Waals surface area (Å²) in [4.78, 5) is 28.1. The van der Waals surface area contributed by atoms with Gasteiger partial charge in [-0.3, -0.25) is 4.57 Å². The fourth-order valence-electron chi connectivity index (χ4n) is 4.26. The van der Waals surface area contributed by atoms with Crippen LogP contribution in [0.4, 0.5) is 10.7 Å².